The highest BCUT2D eigenvalue weighted by atomic mass is 16.5. The molecule has 0 N–H and O–H groups in total. The summed E-state index contributed by atoms with van der Waals surface area (Å²) in [5, 5.41) is 0. The Morgan fingerprint density at radius 1 is 1.15 bits per heavy atom. The van der Waals surface area contributed by atoms with Crippen LogP contribution in [0.25, 0.3) is 0 Å². The van der Waals surface area contributed by atoms with Crippen molar-refractivity contribution in [3.63, 3.8) is 0 Å². The predicted octanol–water partition coefficient (Wildman–Crippen LogP) is 3.74. The van der Waals surface area contributed by atoms with Crippen LogP contribution in [0.4, 0.5) is 0 Å². The Kier molecular flexibility index (Phi) is 4.60. The van der Waals surface area contributed by atoms with Crippen LogP contribution in [0.2, 0.25) is 0 Å². The summed E-state index contributed by atoms with van der Waals surface area (Å²) in [7, 11) is 1.69. The standard InChI is InChI=1S/C17H30O3/c1-16(2)11-13(17(3,4)20-16)14(18)15(19-5)12-9-7-6-8-10-12/h12-13,15H,6-11H2,1-5H3. The van der Waals surface area contributed by atoms with Crippen molar-refractivity contribution in [3.05, 3.63) is 0 Å². The topological polar surface area (TPSA) is 35.5 Å². The van der Waals surface area contributed by atoms with E-state index in [2.05, 4.69) is 13.8 Å². The highest BCUT2D eigenvalue weighted by Gasteiger charge is 2.51. The van der Waals surface area contributed by atoms with Crippen molar-refractivity contribution in [3.8, 4) is 0 Å². The molecule has 1 aliphatic carbocycles. The maximum absolute atomic E-state index is 13.0. The minimum Gasteiger partial charge on any atom is -0.373 e. The highest BCUT2D eigenvalue weighted by Crippen LogP contribution is 2.44. The van der Waals surface area contributed by atoms with Gasteiger partial charge < -0.3 is 9.47 Å². The Hall–Kier alpha value is -0.410. The zero-order chi connectivity index (χ0) is 15.0. The van der Waals surface area contributed by atoms with Crippen molar-refractivity contribution in [2.45, 2.75) is 83.5 Å². The van der Waals surface area contributed by atoms with Crippen LogP contribution in [0.1, 0.15) is 66.2 Å². The van der Waals surface area contributed by atoms with Crippen LogP contribution in [-0.4, -0.2) is 30.2 Å². The fraction of sp³-hybridized carbons (Fsp3) is 0.941. The average molecular weight is 282 g/mol. The molecule has 0 aromatic rings. The minimum atomic E-state index is -0.383. The van der Waals surface area contributed by atoms with Crippen LogP contribution in [0.5, 0.6) is 0 Å². The van der Waals surface area contributed by atoms with Crippen LogP contribution < -0.4 is 0 Å². The normalized spacial score (nSPS) is 31.1. The molecule has 0 bridgehead atoms. The van der Waals surface area contributed by atoms with Gasteiger partial charge in [-0.1, -0.05) is 19.3 Å². The van der Waals surface area contributed by atoms with E-state index in [9.17, 15) is 4.79 Å². The number of hydrogen-bond acceptors (Lipinski definition) is 3. The van der Waals surface area contributed by atoms with Gasteiger partial charge in [-0.15, -0.1) is 0 Å². The van der Waals surface area contributed by atoms with Gasteiger partial charge in [-0.05, 0) is 52.9 Å². The lowest BCUT2D eigenvalue weighted by atomic mass is 9.76. The first-order valence-corrected chi connectivity index (χ1v) is 8.03. The maximum Gasteiger partial charge on any atom is 0.167 e. The Balaban J connectivity index is 2.12. The highest BCUT2D eigenvalue weighted by molar-refractivity contribution is 5.87. The molecule has 3 nitrogen and oxygen atoms in total. The molecule has 2 aliphatic rings. The van der Waals surface area contributed by atoms with E-state index in [1.807, 2.05) is 13.8 Å². The molecular formula is C17H30O3. The first-order chi connectivity index (χ1) is 9.27. The van der Waals surface area contributed by atoms with Crippen molar-refractivity contribution < 1.29 is 14.3 Å². The SMILES string of the molecule is COC(C(=O)C1CC(C)(C)OC1(C)C)C1CCCCC1. The first-order valence-electron chi connectivity index (χ1n) is 8.03. The molecule has 20 heavy (non-hydrogen) atoms. The summed E-state index contributed by atoms with van der Waals surface area (Å²) in [5.74, 6) is 0.611. The van der Waals surface area contributed by atoms with Crippen molar-refractivity contribution in [1.29, 1.82) is 0 Å². The van der Waals surface area contributed by atoms with Gasteiger partial charge in [-0.25, -0.2) is 0 Å². The van der Waals surface area contributed by atoms with Crippen molar-refractivity contribution in [2.24, 2.45) is 11.8 Å². The summed E-state index contributed by atoms with van der Waals surface area (Å²) >= 11 is 0. The van der Waals surface area contributed by atoms with Gasteiger partial charge in [0.25, 0.3) is 0 Å². The smallest absolute Gasteiger partial charge is 0.167 e. The van der Waals surface area contributed by atoms with Gasteiger partial charge in [0.15, 0.2) is 5.78 Å². The molecule has 116 valence electrons. The van der Waals surface area contributed by atoms with E-state index in [-0.39, 0.29) is 29.0 Å². The third-order valence-electron chi connectivity index (χ3n) is 5.03. The predicted molar refractivity (Wildman–Crippen MR) is 79.7 cm³/mol. The Morgan fingerprint density at radius 2 is 1.75 bits per heavy atom. The number of methoxy groups -OCH3 is 1. The minimum absolute atomic E-state index is 0.0515. The second-order valence-corrected chi connectivity index (χ2v) is 7.68. The summed E-state index contributed by atoms with van der Waals surface area (Å²) in [5.41, 5.74) is -0.597. The van der Waals surface area contributed by atoms with E-state index in [4.69, 9.17) is 9.47 Å². The molecule has 0 amide bonds. The van der Waals surface area contributed by atoms with E-state index in [1.54, 1.807) is 7.11 Å². The monoisotopic (exact) mass is 282 g/mol. The van der Waals surface area contributed by atoms with Gasteiger partial charge in [0.05, 0.1) is 17.1 Å². The fourth-order valence-corrected chi connectivity index (χ4v) is 4.18. The number of ether oxygens (including phenoxy) is 2. The largest absolute Gasteiger partial charge is 0.373 e. The third kappa shape index (κ3) is 3.25. The van der Waals surface area contributed by atoms with E-state index in [1.165, 1.54) is 19.3 Å². The molecule has 1 saturated carbocycles. The summed E-state index contributed by atoms with van der Waals surface area (Å²) < 4.78 is 11.7. The third-order valence-corrected chi connectivity index (χ3v) is 5.03. The molecule has 2 unspecified atom stereocenters. The molecular weight excluding hydrogens is 252 g/mol. The Morgan fingerprint density at radius 3 is 2.20 bits per heavy atom. The van der Waals surface area contributed by atoms with Crippen molar-refractivity contribution in [1.82, 2.24) is 0 Å². The molecule has 2 atom stereocenters. The van der Waals surface area contributed by atoms with Gasteiger partial charge in [0.1, 0.15) is 6.10 Å². The number of hydrogen-bond donors (Lipinski definition) is 0. The number of ketones is 1. The van der Waals surface area contributed by atoms with E-state index >= 15 is 0 Å². The fourth-order valence-electron chi connectivity index (χ4n) is 4.18. The second-order valence-electron chi connectivity index (χ2n) is 7.68. The van der Waals surface area contributed by atoms with Gasteiger partial charge in [-0.2, -0.15) is 0 Å². The number of carbonyl (C=O) groups excluding carboxylic acids is 1. The maximum atomic E-state index is 13.0. The Labute approximate surface area is 123 Å². The lowest BCUT2D eigenvalue weighted by Gasteiger charge is -2.33. The van der Waals surface area contributed by atoms with E-state index < -0.39 is 0 Å². The lowest BCUT2D eigenvalue weighted by molar-refractivity contribution is -0.143. The molecule has 0 spiro atoms. The van der Waals surface area contributed by atoms with Crippen molar-refractivity contribution in [2.75, 3.05) is 7.11 Å². The summed E-state index contributed by atoms with van der Waals surface area (Å²) in [4.78, 5) is 13.0. The molecule has 1 heterocycles. The molecule has 0 radical (unpaired) electrons. The molecule has 1 saturated heterocycles. The zero-order valence-corrected chi connectivity index (χ0v) is 13.7. The molecule has 1 aliphatic heterocycles. The first kappa shape index (κ1) is 16.0. The molecule has 2 rings (SSSR count). The van der Waals surface area contributed by atoms with Crippen LogP contribution in [0.15, 0.2) is 0 Å². The molecule has 0 aromatic carbocycles. The van der Waals surface area contributed by atoms with Gasteiger partial charge >= 0.3 is 0 Å². The van der Waals surface area contributed by atoms with Crippen LogP contribution in [0, 0.1) is 11.8 Å². The van der Waals surface area contributed by atoms with Gasteiger partial charge in [0.2, 0.25) is 0 Å². The molecule has 2 fully saturated rings. The quantitative estimate of drug-likeness (QED) is 0.788. The number of carbonyl (C=O) groups is 1. The summed E-state index contributed by atoms with van der Waals surface area (Å²) in [6.45, 7) is 8.23. The molecule has 0 aromatic heterocycles. The Bertz CT molecular complexity index is 353. The van der Waals surface area contributed by atoms with Crippen LogP contribution >= 0.6 is 0 Å². The number of Topliss-reactive ketones (excluding diaryl/α,β-unsaturated/α-hetero) is 1. The number of rotatable bonds is 4. The van der Waals surface area contributed by atoms with Gasteiger partial charge in [0, 0.05) is 7.11 Å². The lowest BCUT2D eigenvalue weighted by Crippen LogP contribution is -2.43. The summed E-state index contributed by atoms with van der Waals surface area (Å²) in [6.07, 6.45) is 6.57. The summed E-state index contributed by atoms with van der Waals surface area (Å²) in [6, 6.07) is 0. The van der Waals surface area contributed by atoms with Crippen LogP contribution in [0.3, 0.4) is 0 Å². The van der Waals surface area contributed by atoms with Crippen LogP contribution in [-0.2, 0) is 14.3 Å². The van der Waals surface area contributed by atoms with E-state index in [0.29, 0.717) is 5.92 Å². The van der Waals surface area contributed by atoms with Crippen molar-refractivity contribution >= 4 is 5.78 Å². The van der Waals surface area contributed by atoms with E-state index in [0.717, 1.165) is 19.3 Å². The molecule has 3 heteroatoms. The second kappa shape index (κ2) is 5.76. The van der Waals surface area contributed by atoms with Gasteiger partial charge in [-0.3, -0.25) is 4.79 Å². The zero-order valence-electron chi connectivity index (χ0n) is 13.7. The average Bonchev–Trinajstić information content (AvgIpc) is 2.59.